The summed E-state index contributed by atoms with van der Waals surface area (Å²) in [7, 11) is 1.58. The predicted octanol–water partition coefficient (Wildman–Crippen LogP) is 1.45. The number of carbonyl (C=O) groups is 2. The molecule has 0 spiro atoms. The molecule has 1 aromatic carbocycles. The van der Waals surface area contributed by atoms with E-state index in [0.29, 0.717) is 36.7 Å². The highest BCUT2D eigenvalue weighted by molar-refractivity contribution is 5.99. The Bertz CT molecular complexity index is 458. The summed E-state index contributed by atoms with van der Waals surface area (Å²) in [4.78, 5) is 23.8. The van der Waals surface area contributed by atoms with Crippen molar-refractivity contribution in [3.63, 3.8) is 0 Å². The van der Waals surface area contributed by atoms with Gasteiger partial charge in [0.15, 0.2) is 0 Å². The van der Waals surface area contributed by atoms with Crippen molar-refractivity contribution in [2.45, 2.75) is 13.8 Å². The van der Waals surface area contributed by atoms with Crippen LogP contribution in [0.15, 0.2) is 24.3 Å². The van der Waals surface area contributed by atoms with Crippen LogP contribution in [0.4, 0.5) is 0 Å². The van der Waals surface area contributed by atoms with Crippen molar-refractivity contribution >= 4 is 11.8 Å². The molecule has 1 aromatic rings. The number of carbonyl (C=O) groups excluding carboxylic acids is 2. The summed E-state index contributed by atoms with van der Waals surface area (Å²) in [5.41, 5.74) is 0.961. The fourth-order valence-electron chi connectivity index (χ4n) is 1.57. The molecule has 1 rings (SSSR count). The van der Waals surface area contributed by atoms with E-state index in [1.165, 1.54) is 0 Å². The molecule has 0 aliphatic heterocycles. The summed E-state index contributed by atoms with van der Waals surface area (Å²) in [6, 6.07) is 6.68. The van der Waals surface area contributed by atoms with Crippen molar-refractivity contribution in [2.24, 2.45) is 5.92 Å². The monoisotopic (exact) mass is 278 g/mol. The molecule has 5 nitrogen and oxygen atoms in total. The third-order valence-corrected chi connectivity index (χ3v) is 2.65. The summed E-state index contributed by atoms with van der Waals surface area (Å²) >= 11 is 0. The number of hydrogen-bond acceptors (Lipinski definition) is 3. The zero-order valence-corrected chi connectivity index (χ0v) is 12.2. The lowest BCUT2D eigenvalue weighted by atomic mass is 10.1. The van der Waals surface area contributed by atoms with Gasteiger partial charge in [-0.25, -0.2) is 0 Å². The van der Waals surface area contributed by atoms with Crippen molar-refractivity contribution in [3.05, 3.63) is 35.4 Å². The molecule has 2 N–H and O–H groups in total. The number of benzene rings is 1. The smallest absolute Gasteiger partial charge is 0.251 e. The van der Waals surface area contributed by atoms with E-state index in [1.54, 1.807) is 31.4 Å². The number of nitrogens with one attached hydrogen (secondary N) is 2. The third-order valence-electron chi connectivity index (χ3n) is 2.65. The van der Waals surface area contributed by atoms with E-state index < -0.39 is 0 Å². The Morgan fingerprint density at radius 2 is 1.75 bits per heavy atom. The first-order chi connectivity index (χ1) is 9.54. The molecule has 0 bridgehead atoms. The zero-order chi connectivity index (χ0) is 15.0. The minimum Gasteiger partial charge on any atom is -0.383 e. The largest absolute Gasteiger partial charge is 0.383 e. The van der Waals surface area contributed by atoms with Gasteiger partial charge in [0.05, 0.1) is 6.61 Å². The van der Waals surface area contributed by atoms with Gasteiger partial charge in [0, 0.05) is 31.3 Å². The second-order valence-corrected chi connectivity index (χ2v) is 4.93. The van der Waals surface area contributed by atoms with E-state index in [-0.39, 0.29) is 11.8 Å². The van der Waals surface area contributed by atoms with Crippen molar-refractivity contribution in [1.82, 2.24) is 10.6 Å². The van der Waals surface area contributed by atoms with Crippen LogP contribution in [0.1, 0.15) is 34.6 Å². The lowest BCUT2D eigenvalue weighted by Gasteiger charge is -2.09. The lowest BCUT2D eigenvalue weighted by Crippen LogP contribution is -2.29. The summed E-state index contributed by atoms with van der Waals surface area (Å²) in [6.07, 6.45) is 0. The molecule has 5 heteroatoms. The highest BCUT2D eigenvalue weighted by Gasteiger charge is 2.10. The first-order valence-electron chi connectivity index (χ1n) is 6.70. The predicted molar refractivity (Wildman–Crippen MR) is 77.8 cm³/mol. The van der Waals surface area contributed by atoms with Crippen molar-refractivity contribution < 1.29 is 14.3 Å². The minimum absolute atomic E-state index is 0.162. The summed E-state index contributed by atoms with van der Waals surface area (Å²) in [5.74, 6) is 0.0188. The summed E-state index contributed by atoms with van der Waals surface area (Å²) < 4.78 is 4.87. The van der Waals surface area contributed by atoms with Crippen LogP contribution in [0.2, 0.25) is 0 Å². The number of ether oxygens (including phenoxy) is 1. The topological polar surface area (TPSA) is 67.4 Å². The Labute approximate surface area is 119 Å². The molecule has 0 aliphatic rings. The SMILES string of the molecule is COCCNC(=O)c1cccc(C(=O)NCC(C)C)c1. The van der Waals surface area contributed by atoms with Crippen molar-refractivity contribution in [3.8, 4) is 0 Å². The van der Waals surface area contributed by atoms with Gasteiger partial charge in [-0.15, -0.1) is 0 Å². The molecule has 0 aliphatic carbocycles. The van der Waals surface area contributed by atoms with Crippen molar-refractivity contribution in [2.75, 3.05) is 26.8 Å². The van der Waals surface area contributed by atoms with Crippen LogP contribution in [0.3, 0.4) is 0 Å². The van der Waals surface area contributed by atoms with Gasteiger partial charge < -0.3 is 15.4 Å². The van der Waals surface area contributed by atoms with E-state index in [9.17, 15) is 9.59 Å². The number of amides is 2. The highest BCUT2D eigenvalue weighted by Crippen LogP contribution is 2.05. The standard InChI is InChI=1S/C15H22N2O3/c1-11(2)10-17-15(19)13-6-4-5-12(9-13)14(18)16-7-8-20-3/h4-6,9,11H,7-8,10H2,1-3H3,(H,16,18)(H,17,19). The quantitative estimate of drug-likeness (QED) is 0.742. The number of rotatable bonds is 7. The molecular weight excluding hydrogens is 256 g/mol. The second kappa shape index (κ2) is 8.32. The van der Waals surface area contributed by atoms with E-state index in [2.05, 4.69) is 10.6 Å². The van der Waals surface area contributed by atoms with Crippen LogP contribution >= 0.6 is 0 Å². The first kappa shape index (κ1) is 16.2. The molecular formula is C15H22N2O3. The van der Waals surface area contributed by atoms with Crippen LogP contribution in [0.25, 0.3) is 0 Å². The minimum atomic E-state index is -0.208. The summed E-state index contributed by atoms with van der Waals surface area (Å²) in [6.45, 7) is 5.57. The average molecular weight is 278 g/mol. The van der Waals surface area contributed by atoms with E-state index in [1.807, 2.05) is 13.8 Å². The molecule has 0 saturated heterocycles. The second-order valence-electron chi connectivity index (χ2n) is 4.93. The van der Waals surface area contributed by atoms with Gasteiger partial charge in [-0.2, -0.15) is 0 Å². The summed E-state index contributed by atoms with van der Waals surface area (Å²) in [5, 5.41) is 5.55. The Hall–Kier alpha value is -1.88. The molecule has 0 atom stereocenters. The Kier molecular flexibility index (Phi) is 6.73. The maximum absolute atomic E-state index is 11.9. The van der Waals surface area contributed by atoms with E-state index in [0.717, 1.165) is 0 Å². The fourth-order valence-corrected chi connectivity index (χ4v) is 1.57. The van der Waals surface area contributed by atoms with Gasteiger partial charge in [0.25, 0.3) is 11.8 Å². The molecule has 0 aromatic heterocycles. The average Bonchev–Trinajstić information content (AvgIpc) is 2.45. The Morgan fingerprint density at radius 3 is 2.30 bits per heavy atom. The Morgan fingerprint density at radius 1 is 1.15 bits per heavy atom. The van der Waals surface area contributed by atoms with Crippen LogP contribution in [0.5, 0.6) is 0 Å². The van der Waals surface area contributed by atoms with E-state index in [4.69, 9.17) is 4.74 Å². The normalized spacial score (nSPS) is 10.4. The van der Waals surface area contributed by atoms with Crippen molar-refractivity contribution in [1.29, 1.82) is 0 Å². The Balaban J connectivity index is 2.65. The van der Waals surface area contributed by atoms with Crippen LogP contribution < -0.4 is 10.6 Å². The molecule has 2 amide bonds. The maximum atomic E-state index is 11.9. The molecule has 0 radical (unpaired) electrons. The van der Waals surface area contributed by atoms with E-state index >= 15 is 0 Å². The van der Waals surface area contributed by atoms with Gasteiger partial charge in [-0.05, 0) is 24.1 Å². The van der Waals surface area contributed by atoms with Crippen LogP contribution in [-0.2, 0) is 4.74 Å². The molecule has 0 unspecified atom stereocenters. The van der Waals surface area contributed by atoms with Crippen LogP contribution in [-0.4, -0.2) is 38.6 Å². The molecule has 20 heavy (non-hydrogen) atoms. The highest BCUT2D eigenvalue weighted by atomic mass is 16.5. The first-order valence-corrected chi connectivity index (χ1v) is 6.70. The van der Waals surface area contributed by atoms with Crippen LogP contribution in [0, 0.1) is 5.92 Å². The number of hydrogen-bond donors (Lipinski definition) is 2. The van der Waals surface area contributed by atoms with Gasteiger partial charge in [0.2, 0.25) is 0 Å². The molecule has 0 heterocycles. The molecule has 0 saturated carbocycles. The van der Waals surface area contributed by atoms with Gasteiger partial charge in [0.1, 0.15) is 0 Å². The zero-order valence-electron chi connectivity index (χ0n) is 12.2. The fraction of sp³-hybridized carbons (Fsp3) is 0.467. The number of methoxy groups -OCH3 is 1. The third kappa shape index (κ3) is 5.40. The molecule has 110 valence electrons. The maximum Gasteiger partial charge on any atom is 0.251 e. The van der Waals surface area contributed by atoms with Gasteiger partial charge >= 0.3 is 0 Å². The molecule has 0 fully saturated rings. The van der Waals surface area contributed by atoms with Gasteiger partial charge in [-0.1, -0.05) is 19.9 Å². The van der Waals surface area contributed by atoms with Gasteiger partial charge in [-0.3, -0.25) is 9.59 Å². The lowest BCUT2D eigenvalue weighted by molar-refractivity contribution is 0.0937.